The van der Waals surface area contributed by atoms with Crippen LogP contribution in [0.1, 0.15) is 5.56 Å². The summed E-state index contributed by atoms with van der Waals surface area (Å²) < 4.78 is 59.8. The number of pyridine rings is 1. The maximum absolute atomic E-state index is 13.8. The summed E-state index contributed by atoms with van der Waals surface area (Å²) in [6, 6.07) is 5.13. The average molecular weight is 540 g/mol. The number of rotatable bonds is 7. The molecule has 0 aliphatic carbocycles. The van der Waals surface area contributed by atoms with Crippen molar-refractivity contribution in [2.24, 2.45) is 5.92 Å². The Morgan fingerprint density at radius 2 is 1.86 bits per heavy atom. The summed E-state index contributed by atoms with van der Waals surface area (Å²) in [5.74, 6) is 0.600. The third kappa shape index (κ3) is 5.51. The first-order valence-corrected chi connectivity index (χ1v) is 12.3. The minimum absolute atomic E-state index is 0.0579. The Kier molecular flexibility index (Phi) is 7.24. The molecule has 2 saturated heterocycles. The van der Waals surface area contributed by atoms with Gasteiger partial charge in [0.1, 0.15) is 18.2 Å². The number of likely N-dealkylation sites (tertiary alicyclic amines) is 1. The zero-order valence-corrected chi connectivity index (χ0v) is 20.6. The number of piperazine rings is 1. The number of nitrogens with zero attached hydrogens (tertiary/aromatic N) is 5. The van der Waals surface area contributed by atoms with Gasteiger partial charge in [-0.25, -0.2) is 4.98 Å². The van der Waals surface area contributed by atoms with Crippen molar-refractivity contribution >= 4 is 34.1 Å². The highest BCUT2D eigenvalue weighted by atomic mass is 35.5. The highest BCUT2D eigenvalue weighted by molar-refractivity contribution is 6.34. The maximum atomic E-state index is 13.8. The van der Waals surface area contributed by atoms with Crippen LogP contribution in [-0.4, -0.2) is 78.9 Å². The van der Waals surface area contributed by atoms with Crippen LogP contribution in [0, 0.1) is 5.92 Å². The molecule has 0 unspecified atom stereocenters. The van der Waals surface area contributed by atoms with E-state index in [1.807, 2.05) is 0 Å². The van der Waals surface area contributed by atoms with Crippen LogP contribution in [-0.2, 0) is 6.18 Å². The van der Waals surface area contributed by atoms with Crippen molar-refractivity contribution in [3.63, 3.8) is 0 Å². The first kappa shape index (κ1) is 25.7. The van der Waals surface area contributed by atoms with Gasteiger partial charge < -0.3 is 20.7 Å². The van der Waals surface area contributed by atoms with E-state index in [1.54, 1.807) is 6.07 Å². The van der Waals surface area contributed by atoms with E-state index < -0.39 is 11.7 Å². The number of anilines is 2. The molecule has 2 fully saturated rings. The molecule has 0 bridgehead atoms. The van der Waals surface area contributed by atoms with Gasteiger partial charge in [-0.05, 0) is 24.3 Å². The van der Waals surface area contributed by atoms with Crippen molar-refractivity contribution in [1.29, 1.82) is 0 Å². The van der Waals surface area contributed by atoms with E-state index in [4.69, 9.17) is 22.1 Å². The summed E-state index contributed by atoms with van der Waals surface area (Å²) in [6.45, 7) is 4.78. The number of hydrogen-bond acceptors (Lipinski definition) is 8. The van der Waals surface area contributed by atoms with Crippen molar-refractivity contribution in [1.82, 2.24) is 25.2 Å². The van der Waals surface area contributed by atoms with Crippen LogP contribution >= 0.6 is 11.6 Å². The molecule has 0 amide bonds. The molecule has 0 spiro atoms. The van der Waals surface area contributed by atoms with Crippen LogP contribution in [0.5, 0.6) is 6.01 Å². The first-order valence-electron chi connectivity index (χ1n) is 11.9. The van der Waals surface area contributed by atoms with Gasteiger partial charge in [0.05, 0.1) is 28.5 Å². The highest BCUT2D eigenvalue weighted by Crippen LogP contribution is 2.41. The van der Waals surface area contributed by atoms with E-state index in [1.165, 1.54) is 6.07 Å². The van der Waals surface area contributed by atoms with E-state index in [-0.39, 0.29) is 40.7 Å². The van der Waals surface area contributed by atoms with E-state index >= 15 is 0 Å². The lowest BCUT2D eigenvalue weighted by molar-refractivity contribution is -0.137. The van der Waals surface area contributed by atoms with Gasteiger partial charge in [0.25, 0.3) is 0 Å². The molecule has 8 nitrogen and oxygen atoms in total. The zero-order chi connectivity index (χ0) is 26.2. The molecule has 2 aliphatic rings. The topological polar surface area (TPSA) is 92.4 Å². The molecular formula is C24H26ClF4N7O. The summed E-state index contributed by atoms with van der Waals surface area (Å²) in [7, 11) is 0. The Labute approximate surface area is 215 Å². The van der Waals surface area contributed by atoms with Crippen LogP contribution in [0.2, 0.25) is 5.02 Å². The van der Waals surface area contributed by atoms with Gasteiger partial charge in [-0.1, -0.05) is 11.6 Å². The molecule has 2 aromatic heterocycles. The summed E-state index contributed by atoms with van der Waals surface area (Å²) in [5, 5.41) is 3.95. The molecule has 3 aromatic rings. The Morgan fingerprint density at radius 3 is 2.57 bits per heavy atom. The van der Waals surface area contributed by atoms with E-state index in [2.05, 4.69) is 30.1 Å². The molecule has 0 atom stereocenters. The van der Waals surface area contributed by atoms with Crippen molar-refractivity contribution in [2.45, 2.75) is 6.18 Å². The van der Waals surface area contributed by atoms with Crippen molar-refractivity contribution in [3.8, 4) is 17.3 Å². The third-order valence-corrected chi connectivity index (χ3v) is 6.84. The second-order valence-electron chi connectivity index (χ2n) is 9.17. The SMILES string of the molecule is Nc1ccc(C(F)(F)F)c(-c2cc3nc(OCCN4CC(CF)C4)nc(N4CCNCC4)c3cc2Cl)n1. The number of fused-ring (bicyclic) bond motifs is 1. The lowest BCUT2D eigenvalue weighted by Gasteiger charge is -2.37. The molecule has 5 rings (SSSR count). The van der Waals surface area contributed by atoms with Gasteiger partial charge in [0.2, 0.25) is 0 Å². The van der Waals surface area contributed by atoms with Gasteiger partial charge in [0, 0.05) is 62.7 Å². The molecule has 1 aromatic carbocycles. The van der Waals surface area contributed by atoms with Crippen LogP contribution in [0.4, 0.5) is 29.2 Å². The summed E-state index contributed by atoms with van der Waals surface area (Å²) in [5.41, 5.74) is 4.84. The van der Waals surface area contributed by atoms with E-state index in [9.17, 15) is 17.6 Å². The fourth-order valence-electron chi connectivity index (χ4n) is 4.61. The monoisotopic (exact) mass is 539 g/mol. The van der Waals surface area contributed by atoms with Crippen LogP contribution in [0.3, 0.4) is 0 Å². The molecule has 198 valence electrons. The van der Waals surface area contributed by atoms with Gasteiger partial charge in [-0.3, -0.25) is 9.29 Å². The fourth-order valence-corrected chi connectivity index (χ4v) is 4.86. The third-order valence-electron chi connectivity index (χ3n) is 6.53. The maximum Gasteiger partial charge on any atom is 0.418 e. The normalized spacial score (nSPS) is 17.3. The van der Waals surface area contributed by atoms with Crippen LogP contribution < -0.4 is 20.7 Å². The summed E-state index contributed by atoms with van der Waals surface area (Å²) >= 11 is 6.53. The van der Waals surface area contributed by atoms with Gasteiger partial charge >= 0.3 is 12.2 Å². The molecule has 2 aliphatic heterocycles. The van der Waals surface area contributed by atoms with Gasteiger partial charge in [-0.2, -0.15) is 23.1 Å². The Balaban J connectivity index is 1.53. The quantitative estimate of drug-likeness (QED) is 0.440. The summed E-state index contributed by atoms with van der Waals surface area (Å²) in [6.07, 6.45) is -4.65. The lowest BCUT2D eigenvalue weighted by atomic mass is 10.0. The number of nitrogen functional groups attached to an aromatic ring is 1. The molecule has 3 N–H and O–H groups in total. The Morgan fingerprint density at radius 1 is 1.11 bits per heavy atom. The second-order valence-corrected chi connectivity index (χ2v) is 9.58. The Bertz CT molecular complexity index is 1280. The second kappa shape index (κ2) is 10.4. The smallest absolute Gasteiger partial charge is 0.418 e. The number of nitrogens with one attached hydrogen (secondary N) is 1. The molecule has 4 heterocycles. The van der Waals surface area contributed by atoms with Crippen LogP contribution in [0.25, 0.3) is 22.2 Å². The molecule has 13 heteroatoms. The minimum atomic E-state index is -4.65. The summed E-state index contributed by atoms with van der Waals surface area (Å²) in [4.78, 5) is 17.2. The average Bonchev–Trinajstić information content (AvgIpc) is 2.84. The van der Waals surface area contributed by atoms with E-state index in [0.717, 1.165) is 25.2 Å². The predicted octanol–water partition coefficient (Wildman–Crippen LogP) is 3.64. The number of halogens is 5. The number of hydrogen-bond donors (Lipinski definition) is 2. The standard InChI is InChI=1S/C24H26ClF4N7O/c25-18-9-16-19(10-15(18)21-17(24(27,28)29)1-2-20(30)33-21)32-23(34-22(16)36-5-3-31-4-6-36)37-8-7-35-12-14(11-26)13-35/h1-2,9-10,14,31H,3-8,11-13H2,(H2,30,33). The van der Waals surface area contributed by atoms with Crippen molar-refractivity contribution in [2.75, 3.05) is 69.7 Å². The number of nitrogens with two attached hydrogens (primary N) is 1. The number of aromatic nitrogens is 3. The molecule has 0 saturated carbocycles. The van der Waals surface area contributed by atoms with Crippen LogP contribution in [0.15, 0.2) is 24.3 Å². The van der Waals surface area contributed by atoms with Crippen molar-refractivity contribution < 1.29 is 22.3 Å². The largest absolute Gasteiger partial charge is 0.462 e. The van der Waals surface area contributed by atoms with Crippen molar-refractivity contribution in [3.05, 3.63) is 34.9 Å². The number of benzene rings is 1. The lowest BCUT2D eigenvalue weighted by Crippen LogP contribution is -2.49. The fraction of sp³-hybridized carbons (Fsp3) is 0.458. The number of alkyl halides is 4. The number of ether oxygens (including phenoxy) is 1. The highest BCUT2D eigenvalue weighted by Gasteiger charge is 2.35. The Hall–Kier alpha value is -2.96. The van der Waals surface area contributed by atoms with Gasteiger partial charge in [0.15, 0.2) is 0 Å². The zero-order valence-electron chi connectivity index (χ0n) is 19.9. The molecule has 37 heavy (non-hydrogen) atoms. The first-order chi connectivity index (χ1) is 17.7. The van der Waals surface area contributed by atoms with E-state index in [0.29, 0.717) is 56.1 Å². The predicted molar refractivity (Wildman–Crippen MR) is 134 cm³/mol. The molecule has 0 radical (unpaired) electrons. The minimum Gasteiger partial charge on any atom is -0.462 e. The van der Waals surface area contributed by atoms with Gasteiger partial charge in [-0.15, -0.1) is 0 Å². The molecular weight excluding hydrogens is 514 g/mol.